The van der Waals surface area contributed by atoms with E-state index >= 15 is 0 Å². The Kier molecular flexibility index (Phi) is 4.87. The van der Waals surface area contributed by atoms with Crippen LogP contribution in [0.3, 0.4) is 0 Å². The Labute approximate surface area is 90.3 Å². The molecular formula is C12H15O3. The highest BCUT2D eigenvalue weighted by atomic mass is 16.7. The monoisotopic (exact) mass is 207 g/mol. The fourth-order valence-corrected chi connectivity index (χ4v) is 1.19. The third-order valence-corrected chi connectivity index (χ3v) is 1.89. The van der Waals surface area contributed by atoms with Gasteiger partial charge in [-0.1, -0.05) is 30.3 Å². The lowest BCUT2D eigenvalue weighted by atomic mass is 10.2. The van der Waals surface area contributed by atoms with Gasteiger partial charge < -0.3 is 14.2 Å². The van der Waals surface area contributed by atoms with Crippen LogP contribution in [0.5, 0.6) is 0 Å². The Morgan fingerprint density at radius 1 is 0.933 bits per heavy atom. The molecule has 0 fully saturated rings. The summed E-state index contributed by atoms with van der Waals surface area (Å²) in [7, 11) is 4.65. The highest BCUT2D eigenvalue weighted by molar-refractivity contribution is 5.53. The van der Waals surface area contributed by atoms with Crippen LogP contribution in [0.4, 0.5) is 0 Å². The smallest absolute Gasteiger partial charge is 0.291 e. The molecule has 0 aromatic heterocycles. The van der Waals surface area contributed by atoms with Gasteiger partial charge >= 0.3 is 0 Å². The summed E-state index contributed by atoms with van der Waals surface area (Å²) in [6.45, 7) is 0. The first kappa shape index (κ1) is 11.8. The van der Waals surface area contributed by atoms with Crippen molar-refractivity contribution in [2.75, 3.05) is 21.3 Å². The van der Waals surface area contributed by atoms with Gasteiger partial charge in [0, 0.05) is 14.2 Å². The van der Waals surface area contributed by atoms with E-state index in [0.29, 0.717) is 12.0 Å². The molecule has 0 atom stereocenters. The van der Waals surface area contributed by atoms with Crippen LogP contribution in [0.25, 0.3) is 6.08 Å². The molecule has 3 nitrogen and oxygen atoms in total. The van der Waals surface area contributed by atoms with Crippen LogP contribution in [0.2, 0.25) is 0 Å². The van der Waals surface area contributed by atoms with Crippen molar-refractivity contribution in [3.05, 3.63) is 47.9 Å². The van der Waals surface area contributed by atoms with Crippen LogP contribution < -0.4 is 0 Å². The zero-order valence-corrected chi connectivity index (χ0v) is 9.19. The van der Waals surface area contributed by atoms with Gasteiger partial charge in [-0.25, -0.2) is 0 Å². The Morgan fingerprint density at radius 2 is 1.53 bits per heavy atom. The average molecular weight is 207 g/mol. The van der Waals surface area contributed by atoms with Crippen molar-refractivity contribution in [1.29, 1.82) is 0 Å². The maximum absolute atomic E-state index is 5.17. The number of ether oxygens (including phenoxy) is 3. The van der Waals surface area contributed by atoms with Gasteiger partial charge in [-0.2, -0.15) is 0 Å². The van der Waals surface area contributed by atoms with Crippen LogP contribution in [0, 0.1) is 6.29 Å². The molecule has 0 N–H and O–H groups in total. The lowest BCUT2D eigenvalue weighted by Gasteiger charge is -2.13. The predicted octanol–water partition coefficient (Wildman–Crippen LogP) is 2.46. The van der Waals surface area contributed by atoms with Crippen molar-refractivity contribution < 1.29 is 14.2 Å². The molecular weight excluding hydrogens is 192 g/mol. The summed E-state index contributed by atoms with van der Waals surface area (Å²) in [4.78, 5) is 0. The minimum Gasteiger partial charge on any atom is -0.495 e. The van der Waals surface area contributed by atoms with Crippen LogP contribution in [-0.4, -0.2) is 21.3 Å². The Bertz CT molecular complexity index is 302. The van der Waals surface area contributed by atoms with Gasteiger partial charge in [-0.05, 0) is 11.6 Å². The molecule has 0 aliphatic carbocycles. The highest BCUT2D eigenvalue weighted by Gasteiger charge is 2.15. The molecule has 0 saturated carbocycles. The fourth-order valence-electron chi connectivity index (χ4n) is 1.19. The molecule has 1 rings (SSSR count). The van der Waals surface area contributed by atoms with E-state index in [0.717, 1.165) is 5.56 Å². The number of benzene rings is 1. The molecule has 1 radical (unpaired) electrons. The van der Waals surface area contributed by atoms with Gasteiger partial charge in [0.1, 0.15) is 0 Å². The molecule has 1 aromatic rings. The van der Waals surface area contributed by atoms with E-state index in [1.807, 2.05) is 36.4 Å². The topological polar surface area (TPSA) is 27.7 Å². The summed E-state index contributed by atoms with van der Waals surface area (Å²) in [5.74, 6) is 0.561. The van der Waals surface area contributed by atoms with Crippen molar-refractivity contribution in [3.8, 4) is 0 Å². The highest BCUT2D eigenvalue weighted by Crippen LogP contribution is 2.18. The molecule has 15 heavy (non-hydrogen) atoms. The van der Waals surface area contributed by atoms with E-state index in [9.17, 15) is 0 Å². The second kappa shape index (κ2) is 6.22. The normalized spacial score (nSPS) is 11.9. The van der Waals surface area contributed by atoms with E-state index in [4.69, 9.17) is 14.2 Å². The molecule has 0 heterocycles. The lowest BCUT2D eigenvalue weighted by Crippen LogP contribution is -2.07. The van der Waals surface area contributed by atoms with Gasteiger partial charge in [0.15, 0.2) is 5.76 Å². The second-order valence-electron chi connectivity index (χ2n) is 2.82. The van der Waals surface area contributed by atoms with Gasteiger partial charge in [0.25, 0.3) is 6.29 Å². The van der Waals surface area contributed by atoms with Crippen LogP contribution in [0.1, 0.15) is 5.56 Å². The van der Waals surface area contributed by atoms with Gasteiger partial charge in [0.05, 0.1) is 7.11 Å². The molecule has 0 aliphatic heterocycles. The van der Waals surface area contributed by atoms with Crippen molar-refractivity contribution in [2.24, 2.45) is 0 Å². The Morgan fingerprint density at radius 3 is 2.00 bits per heavy atom. The summed E-state index contributed by atoms with van der Waals surface area (Å²) >= 11 is 0. The SMILES string of the molecule is CO[C](OC)C(=Cc1ccccc1)OC. The predicted molar refractivity (Wildman–Crippen MR) is 58.7 cm³/mol. The van der Waals surface area contributed by atoms with E-state index in [1.165, 1.54) is 14.2 Å². The summed E-state index contributed by atoms with van der Waals surface area (Å²) < 4.78 is 15.2. The van der Waals surface area contributed by atoms with Crippen LogP contribution >= 0.6 is 0 Å². The fraction of sp³-hybridized carbons (Fsp3) is 0.250. The van der Waals surface area contributed by atoms with Gasteiger partial charge in [-0.15, -0.1) is 0 Å². The molecule has 81 valence electrons. The molecule has 1 aromatic carbocycles. The molecule has 0 bridgehead atoms. The maximum atomic E-state index is 5.17. The van der Waals surface area contributed by atoms with Crippen molar-refractivity contribution in [3.63, 3.8) is 0 Å². The van der Waals surface area contributed by atoms with E-state index in [2.05, 4.69) is 0 Å². The Hall–Kier alpha value is -1.32. The summed E-state index contributed by atoms with van der Waals surface area (Å²) in [5.41, 5.74) is 1.03. The zero-order valence-electron chi connectivity index (χ0n) is 9.19. The quantitative estimate of drug-likeness (QED) is 0.694. The number of methoxy groups -OCH3 is 3. The first-order chi connectivity index (χ1) is 7.31. The average Bonchev–Trinajstić information content (AvgIpc) is 2.30. The van der Waals surface area contributed by atoms with E-state index in [1.54, 1.807) is 7.11 Å². The van der Waals surface area contributed by atoms with Crippen LogP contribution in [-0.2, 0) is 14.2 Å². The lowest BCUT2D eigenvalue weighted by molar-refractivity contribution is -0.00371. The molecule has 0 unspecified atom stereocenters. The summed E-state index contributed by atoms with van der Waals surface area (Å²) in [6, 6.07) is 9.82. The zero-order chi connectivity index (χ0) is 11.1. The molecule has 0 amide bonds. The minimum absolute atomic E-state index is 0.362. The van der Waals surface area contributed by atoms with Crippen molar-refractivity contribution in [2.45, 2.75) is 0 Å². The number of hydrogen-bond donors (Lipinski definition) is 0. The van der Waals surface area contributed by atoms with Crippen molar-refractivity contribution >= 4 is 6.08 Å². The minimum atomic E-state index is 0.362. The van der Waals surface area contributed by atoms with Crippen molar-refractivity contribution in [1.82, 2.24) is 0 Å². The molecule has 0 aliphatic rings. The molecule has 3 heteroatoms. The molecule has 0 spiro atoms. The molecule has 0 saturated heterocycles. The Balaban J connectivity index is 2.86. The van der Waals surface area contributed by atoms with E-state index in [-0.39, 0.29) is 0 Å². The van der Waals surface area contributed by atoms with Gasteiger partial charge in [-0.3, -0.25) is 0 Å². The first-order valence-corrected chi connectivity index (χ1v) is 4.58. The third kappa shape index (κ3) is 3.38. The standard InChI is InChI=1S/C12H15O3/c1-13-11(12(14-2)15-3)9-10-7-5-4-6-8-10/h4-9H,1-3H3. The third-order valence-electron chi connectivity index (χ3n) is 1.89. The van der Waals surface area contributed by atoms with Gasteiger partial charge in [0.2, 0.25) is 0 Å². The maximum Gasteiger partial charge on any atom is 0.291 e. The second-order valence-corrected chi connectivity index (χ2v) is 2.82. The van der Waals surface area contributed by atoms with E-state index < -0.39 is 0 Å². The summed E-state index contributed by atoms with van der Waals surface area (Å²) in [5, 5.41) is 0. The summed E-state index contributed by atoms with van der Waals surface area (Å²) in [6.07, 6.45) is 2.21. The van der Waals surface area contributed by atoms with Crippen LogP contribution in [0.15, 0.2) is 36.1 Å². The largest absolute Gasteiger partial charge is 0.495 e. The number of hydrogen-bond acceptors (Lipinski definition) is 3. The first-order valence-electron chi connectivity index (χ1n) is 4.58. The number of rotatable bonds is 5.